The number of ether oxygens (including phenoxy) is 1. The van der Waals surface area contributed by atoms with Gasteiger partial charge in [-0.15, -0.1) is 0 Å². The molecule has 0 atom stereocenters. The van der Waals surface area contributed by atoms with Crippen LogP contribution < -0.4 is 4.74 Å². The number of carboxylic acids is 1. The topological polar surface area (TPSA) is 87.0 Å². The molecule has 2 aromatic rings. The van der Waals surface area contributed by atoms with E-state index in [1.807, 2.05) is 30.3 Å². The fraction of sp³-hybridized carbons (Fsp3) is 0.188. The first-order chi connectivity index (χ1) is 10.2. The minimum atomic E-state index is -1.12. The molecule has 0 saturated heterocycles. The summed E-state index contributed by atoms with van der Waals surface area (Å²) in [4.78, 5) is 11.0. The van der Waals surface area contributed by atoms with Gasteiger partial charge in [-0.05, 0) is 17.7 Å². The molecule has 3 N–H and O–H groups in total. The molecule has 110 valence electrons. The molecule has 0 spiro atoms. The van der Waals surface area contributed by atoms with E-state index < -0.39 is 5.97 Å². The van der Waals surface area contributed by atoms with Crippen LogP contribution in [-0.2, 0) is 19.8 Å². The van der Waals surface area contributed by atoms with Gasteiger partial charge in [0, 0.05) is 11.1 Å². The molecule has 2 rings (SSSR count). The highest BCUT2D eigenvalue weighted by Crippen LogP contribution is 2.27. The highest BCUT2D eigenvalue weighted by atomic mass is 16.5. The average molecular weight is 288 g/mol. The predicted molar refractivity (Wildman–Crippen MR) is 76.0 cm³/mol. The minimum Gasteiger partial charge on any atom is -0.488 e. The van der Waals surface area contributed by atoms with Crippen molar-refractivity contribution in [1.29, 1.82) is 0 Å². The second-order valence-electron chi connectivity index (χ2n) is 4.52. The monoisotopic (exact) mass is 288 g/mol. The Balaban J connectivity index is 2.31. The number of aliphatic hydroxyl groups is 2. The zero-order valence-electron chi connectivity index (χ0n) is 11.3. The first-order valence-corrected chi connectivity index (χ1v) is 6.43. The summed E-state index contributed by atoms with van der Waals surface area (Å²) >= 11 is 0. The molecule has 0 aromatic heterocycles. The lowest BCUT2D eigenvalue weighted by Crippen LogP contribution is -2.06. The predicted octanol–water partition coefficient (Wildman–Crippen LogP) is 1.95. The van der Waals surface area contributed by atoms with Crippen LogP contribution in [0.1, 0.15) is 27.0 Å². The van der Waals surface area contributed by atoms with Crippen LogP contribution in [0.25, 0.3) is 0 Å². The van der Waals surface area contributed by atoms with Crippen LogP contribution in [0, 0.1) is 0 Å². The summed E-state index contributed by atoms with van der Waals surface area (Å²) in [6.45, 7) is -0.455. The van der Waals surface area contributed by atoms with Crippen LogP contribution in [0.4, 0.5) is 0 Å². The maximum atomic E-state index is 11.0. The van der Waals surface area contributed by atoms with Gasteiger partial charge in [0.05, 0.1) is 18.8 Å². The van der Waals surface area contributed by atoms with E-state index in [9.17, 15) is 15.0 Å². The van der Waals surface area contributed by atoms with Gasteiger partial charge < -0.3 is 20.1 Å². The van der Waals surface area contributed by atoms with Crippen molar-refractivity contribution in [3.8, 4) is 5.75 Å². The average Bonchev–Trinajstić information content (AvgIpc) is 2.52. The first-order valence-electron chi connectivity index (χ1n) is 6.43. The van der Waals surface area contributed by atoms with Gasteiger partial charge in [0.2, 0.25) is 0 Å². The summed E-state index contributed by atoms with van der Waals surface area (Å²) in [5.41, 5.74) is 1.63. The van der Waals surface area contributed by atoms with Crippen molar-refractivity contribution in [1.82, 2.24) is 0 Å². The van der Waals surface area contributed by atoms with Gasteiger partial charge in [-0.1, -0.05) is 30.3 Å². The molecular weight excluding hydrogens is 272 g/mol. The Morgan fingerprint density at radius 3 is 2.05 bits per heavy atom. The third-order valence-electron chi connectivity index (χ3n) is 3.06. The summed E-state index contributed by atoms with van der Waals surface area (Å²) in [6.07, 6.45) is 0. The van der Waals surface area contributed by atoms with E-state index in [1.165, 1.54) is 12.1 Å². The van der Waals surface area contributed by atoms with E-state index in [0.717, 1.165) is 5.56 Å². The quantitative estimate of drug-likeness (QED) is 0.756. The first kappa shape index (κ1) is 15.0. The molecule has 0 aliphatic heterocycles. The molecule has 0 fully saturated rings. The van der Waals surface area contributed by atoms with Gasteiger partial charge in [0.15, 0.2) is 0 Å². The Morgan fingerprint density at radius 1 is 1.00 bits per heavy atom. The van der Waals surface area contributed by atoms with Gasteiger partial charge in [-0.2, -0.15) is 0 Å². The van der Waals surface area contributed by atoms with E-state index in [-0.39, 0.29) is 25.4 Å². The minimum absolute atomic E-state index is 0.00941. The van der Waals surface area contributed by atoms with Gasteiger partial charge in [-0.3, -0.25) is 0 Å². The fourth-order valence-corrected chi connectivity index (χ4v) is 2.03. The zero-order valence-corrected chi connectivity index (χ0v) is 11.3. The van der Waals surface area contributed by atoms with E-state index >= 15 is 0 Å². The second-order valence-corrected chi connectivity index (χ2v) is 4.52. The summed E-state index contributed by atoms with van der Waals surface area (Å²) in [6, 6.07) is 12.1. The van der Waals surface area contributed by atoms with Crippen molar-refractivity contribution < 1.29 is 24.9 Å². The normalized spacial score (nSPS) is 10.4. The van der Waals surface area contributed by atoms with Crippen LogP contribution in [0.3, 0.4) is 0 Å². The molecule has 0 unspecified atom stereocenters. The zero-order chi connectivity index (χ0) is 15.2. The lowest BCUT2D eigenvalue weighted by Gasteiger charge is -2.15. The van der Waals surface area contributed by atoms with E-state index in [1.54, 1.807) is 0 Å². The molecule has 0 saturated carbocycles. The van der Waals surface area contributed by atoms with Crippen molar-refractivity contribution in [2.45, 2.75) is 19.8 Å². The van der Waals surface area contributed by atoms with E-state index in [2.05, 4.69) is 0 Å². The van der Waals surface area contributed by atoms with Crippen molar-refractivity contribution >= 4 is 5.97 Å². The molecule has 0 bridgehead atoms. The Labute approximate surface area is 122 Å². The summed E-state index contributed by atoms with van der Waals surface area (Å²) < 4.78 is 5.66. The van der Waals surface area contributed by atoms with Crippen molar-refractivity contribution in [3.05, 3.63) is 64.7 Å². The van der Waals surface area contributed by atoms with E-state index in [0.29, 0.717) is 16.9 Å². The van der Waals surface area contributed by atoms with Gasteiger partial charge in [-0.25, -0.2) is 4.79 Å². The summed E-state index contributed by atoms with van der Waals surface area (Å²) in [5.74, 6) is -0.789. The standard InChI is InChI=1S/C16H16O5/c17-8-13-6-12(16(19)20)7-14(9-18)15(13)21-10-11-4-2-1-3-5-11/h1-7,17-18H,8-10H2,(H,19,20). The highest BCUT2D eigenvalue weighted by Gasteiger charge is 2.15. The summed E-state index contributed by atoms with van der Waals surface area (Å²) in [5, 5.41) is 27.8. The smallest absolute Gasteiger partial charge is 0.335 e. The third kappa shape index (κ3) is 3.59. The molecule has 0 amide bonds. The van der Waals surface area contributed by atoms with Crippen LogP contribution in [0.2, 0.25) is 0 Å². The molecule has 2 aromatic carbocycles. The number of aliphatic hydroxyl groups excluding tert-OH is 2. The highest BCUT2D eigenvalue weighted by molar-refractivity contribution is 5.88. The molecule has 21 heavy (non-hydrogen) atoms. The van der Waals surface area contributed by atoms with Crippen LogP contribution in [0.15, 0.2) is 42.5 Å². The van der Waals surface area contributed by atoms with Crippen molar-refractivity contribution in [3.63, 3.8) is 0 Å². The number of aromatic carboxylic acids is 1. The van der Waals surface area contributed by atoms with Gasteiger partial charge >= 0.3 is 5.97 Å². The lowest BCUT2D eigenvalue weighted by atomic mass is 10.0. The Morgan fingerprint density at radius 2 is 1.57 bits per heavy atom. The van der Waals surface area contributed by atoms with Crippen molar-refractivity contribution in [2.75, 3.05) is 0 Å². The maximum absolute atomic E-state index is 11.0. The second kappa shape index (κ2) is 6.88. The molecule has 0 aliphatic carbocycles. The molecule has 5 nitrogen and oxygen atoms in total. The number of rotatable bonds is 6. The number of carbonyl (C=O) groups is 1. The SMILES string of the molecule is O=C(O)c1cc(CO)c(OCc2ccccc2)c(CO)c1. The number of benzene rings is 2. The Hall–Kier alpha value is -2.37. The van der Waals surface area contributed by atoms with Crippen molar-refractivity contribution in [2.24, 2.45) is 0 Å². The number of hydrogen-bond acceptors (Lipinski definition) is 4. The molecule has 5 heteroatoms. The van der Waals surface area contributed by atoms with Crippen LogP contribution >= 0.6 is 0 Å². The lowest BCUT2D eigenvalue weighted by molar-refractivity contribution is 0.0696. The van der Waals surface area contributed by atoms with E-state index in [4.69, 9.17) is 9.84 Å². The largest absolute Gasteiger partial charge is 0.488 e. The molecular formula is C16H16O5. The molecule has 0 heterocycles. The maximum Gasteiger partial charge on any atom is 0.335 e. The Kier molecular flexibility index (Phi) is 4.92. The van der Waals surface area contributed by atoms with Gasteiger partial charge in [0.1, 0.15) is 12.4 Å². The van der Waals surface area contributed by atoms with Crippen LogP contribution in [-0.4, -0.2) is 21.3 Å². The fourth-order valence-electron chi connectivity index (χ4n) is 2.03. The summed E-state index contributed by atoms with van der Waals surface area (Å²) in [7, 11) is 0. The number of hydrogen-bond donors (Lipinski definition) is 3. The van der Waals surface area contributed by atoms with Gasteiger partial charge in [0.25, 0.3) is 0 Å². The Bertz CT molecular complexity index is 597. The molecule has 0 radical (unpaired) electrons. The third-order valence-corrected chi connectivity index (χ3v) is 3.06. The number of carboxylic acid groups (broad SMARTS) is 1. The van der Waals surface area contributed by atoms with Crippen LogP contribution in [0.5, 0.6) is 5.75 Å². The molecule has 0 aliphatic rings.